The Morgan fingerprint density at radius 2 is 2.29 bits per heavy atom. The molecule has 1 fully saturated rings. The first kappa shape index (κ1) is 17.0. The predicted octanol–water partition coefficient (Wildman–Crippen LogP) is 3.71. The lowest BCUT2D eigenvalue weighted by Gasteiger charge is -2.30. The minimum absolute atomic E-state index is 0.202. The van der Waals surface area contributed by atoms with Gasteiger partial charge in [-0.15, -0.1) is 11.3 Å². The first-order valence-corrected chi connectivity index (χ1v) is 9.34. The van der Waals surface area contributed by atoms with Crippen LogP contribution in [0.15, 0.2) is 41.9 Å². The zero-order chi connectivity index (χ0) is 16.9. The molecule has 2 aromatic heterocycles. The van der Waals surface area contributed by atoms with Crippen molar-refractivity contribution in [2.45, 2.75) is 19.3 Å². The van der Waals surface area contributed by atoms with Gasteiger partial charge < -0.3 is 14.6 Å². The van der Waals surface area contributed by atoms with Crippen LogP contribution in [-0.4, -0.2) is 40.2 Å². The second kappa shape index (κ2) is 7.81. The van der Waals surface area contributed by atoms with E-state index in [1.54, 1.807) is 11.3 Å². The molecule has 5 heteroatoms. The fraction of sp³-hybridized carbons (Fsp3) is 0.421. The number of carboxylic acids is 1. The number of aromatic nitrogens is 1. The Bertz CT molecular complexity index is 703. The molecule has 0 spiro atoms. The molecule has 0 aliphatic carbocycles. The van der Waals surface area contributed by atoms with E-state index in [4.69, 9.17) is 0 Å². The van der Waals surface area contributed by atoms with Crippen LogP contribution < -0.4 is 0 Å². The highest BCUT2D eigenvalue weighted by Gasteiger charge is 2.24. The van der Waals surface area contributed by atoms with Gasteiger partial charge in [-0.25, -0.2) is 0 Å². The van der Waals surface area contributed by atoms with Gasteiger partial charge in [-0.3, -0.25) is 4.79 Å². The normalized spacial score (nSPS) is 19.5. The maximum atomic E-state index is 11.2. The van der Waals surface area contributed by atoms with Crippen molar-refractivity contribution in [2.75, 3.05) is 19.6 Å². The van der Waals surface area contributed by atoms with E-state index >= 15 is 0 Å². The first-order chi connectivity index (χ1) is 11.6. The summed E-state index contributed by atoms with van der Waals surface area (Å²) in [5.41, 5.74) is 2.49. The molecule has 1 saturated heterocycles. The smallest absolute Gasteiger partial charge is 0.307 e. The molecular formula is C19H24N2O2S. The number of hydrogen-bond acceptors (Lipinski definition) is 3. The molecule has 4 nitrogen and oxygen atoms in total. The lowest BCUT2D eigenvalue weighted by atomic mass is 9.98. The number of likely N-dealkylation sites (tertiary alicyclic amines) is 1. The van der Waals surface area contributed by atoms with Crippen molar-refractivity contribution in [3.8, 4) is 0 Å². The maximum absolute atomic E-state index is 11.2. The fourth-order valence-corrected chi connectivity index (χ4v) is 4.13. The second-order valence-electron chi connectivity index (χ2n) is 6.37. The molecule has 0 saturated carbocycles. The molecule has 1 aliphatic heterocycles. The van der Waals surface area contributed by atoms with E-state index in [0.717, 1.165) is 32.4 Å². The number of piperidine rings is 1. The molecule has 1 atom stereocenters. The molecular weight excluding hydrogens is 320 g/mol. The summed E-state index contributed by atoms with van der Waals surface area (Å²) in [4.78, 5) is 14.8. The van der Waals surface area contributed by atoms with E-state index in [2.05, 4.69) is 58.4 Å². The minimum atomic E-state index is -0.654. The van der Waals surface area contributed by atoms with Crippen LogP contribution in [0.25, 0.3) is 5.57 Å². The SMILES string of the molecule is Cn1cccc1C(=CCCN1CCCC(C(=O)O)C1)c1cccs1. The van der Waals surface area contributed by atoms with Crippen LogP contribution >= 0.6 is 11.3 Å². The van der Waals surface area contributed by atoms with Crippen LogP contribution in [0.1, 0.15) is 29.8 Å². The second-order valence-corrected chi connectivity index (χ2v) is 7.31. The van der Waals surface area contributed by atoms with E-state index in [1.165, 1.54) is 16.1 Å². The van der Waals surface area contributed by atoms with Gasteiger partial charge in [0.05, 0.1) is 5.92 Å². The lowest BCUT2D eigenvalue weighted by molar-refractivity contribution is -0.143. The summed E-state index contributed by atoms with van der Waals surface area (Å²) >= 11 is 1.76. The molecule has 3 heterocycles. The number of aryl methyl sites for hydroxylation is 1. The molecule has 3 rings (SSSR count). The minimum Gasteiger partial charge on any atom is -0.481 e. The highest BCUT2D eigenvalue weighted by atomic mass is 32.1. The Hall–Kier alpha value is -1.85. The van der Waals surface area contributed by atoms with Crippen LogP contribution in [0.5, 0.6) is 0 Å². The van der Waals surface area contributed by atoms with Gasteiger partial charge in [-0.1, -0.05) is 12.1 Å². The summed E-state index contributed by atoms with van der Waals surface area (Å²) in [5, 5.41) is 11.3. The summed E-state index contributed by atoms with van der Waals surface area (Å²) in [7, 11) is 2.07. The fourth-order valence-electron chi connectivity index (χ4n) is 3.36. The molecule has 1 unspecified atom stereocenters. The number of nitrogens with zero attached hydrogens (tertiary/aromatic N) is 2. The zero-order valence-electron chi connectivity index (χ0n) is 14.0. The Balaban J connectivity index is 1.68. The Kier molecular flexibility index (Phi) is 5.53. The summed E-state index contributed by atoms with van der Waals surface area (Å²) in [6.45, 7) is 2.61. The van der Waals surface area contributed by atoms with E-state index in [9.17, 15) is 9.90 Å². The predicted molar refractivity (Wildman–Crippen MR) is 98.2 cm³/mol. The molecule has 1 aliphatic rings. The highest BCUT2D eigenvalue weighted by molar-refractivity contribution is 7.11. The average Bonchev–Trinajstić information content (AvgIpc) is 3.24. The van der Waals surface area contributed by atoms with Gasteiger partial charge in [-0.05, 0) is 49.4 Å². The summed E-state index contributed by atoms with van der Waals surface area (Å²) < 4.78 is 2.15. The summed E-state index contributed by atoms with van der Waals surface area (Å²) in [6.07, 6.45) is 7.09. The topological polar surface area (TPSA) is 45.5 Å². The van der Waals surface area contributed by atoms with Crippen molar-refractivity contribution in [3.63, 3.8) is 0 Å². The number of thiophene rings is 1. The Morgan fingerprint density at radius 3 is 2.96 bits per heavy atom. The zero-order valence-corrected chi connectivity index (χ0v) is 14.8. The van der Waals surface area contributed by atoms with Gasteiger partial charge in [0.1, 0.15) is 0 Å². The number of aliphatic carboxylic acids is 1. The van der Waals surface area contributed by atoms with Gasteiger partial charge in [-0.2, -0.15) is 0 Å². The molecule has 0 bridgehead atoms. The van der Waals surface area contributed by atoms with Crippen LogP contribution in [0.4, 0.5) is 0 Å². The maximum Gasteiger partial charge on any atom is 0.307 e. The van der Waals surface area contributed by atoms with E-state index in [-0.39, 0.29) is 5.92 Å². The van der Waals surface area contributed by atoms with Crippen molar-refractivity contribution in [2.24, 2.45) is 13.0 Å². The monoisotopic (exact) mass is 344 g/mol. The van der Waals surface area contributed by atoms with Crippen LogP contribution in [0, 0.1) is 5.92 Å². The largest absolute Gasteiger partial charge is 0.481 e. The van der Waals surface area contributed by atoms with Gasteiger partial charge in [0.2, 0.25) is 0 Å². The average molecular weight is 344 g/mol. The van der Waals surface area contributed by atoms with E-state index < -0.39 is 5.97 Å². The van der Waals surface area contributed by atoms with Gasteiger partial charge >= 0.3 is 5.97 Å². The Morgan fingerprint density at radius 1 is 1.42 bits per heavy atom. The molecule has 24 heavy (non-hydrogen) atoms. The van der Waals surface area contributed by atoms with Crippen LogP contribution in [-0.2, 0) is 11.8 Å². The van der Waals surface area contributed by atoms with Gasteiger partial charge in [0.15, 0.2) is 0 Å². The van der Waals surface area contributed by atoms with Gasteiger partial charge in [0, 0.05) is 42.5 Å². The highest BCUT2D eigenvalue weighted by Crippen LogP contribution is 2.28. The molecule has 128 valence electrons. The summed E-state index contributed by atoms with van der Waals surface area (Å²) in [5.74, 6) is -0.856. The van der Waals surface area contributed by atoms with Crippen molar-refractivity contribution in [1.29, 1.82) is 0 Å². The number of rotatable bonds is 6. The number of hydrogen-bond donors (Lipinski definition) is 1. The third kappa shape index (κ3) is 3.97. The lowest BCUT2D eigenvalue weighted by Crippen LogP contribution is -2.39. The van der Waals surface area contributed by atoms with Crippen molar-refractivity contribution < 1.29 is 9.90 Å². The first-order valence-electron chi connectivity index (χ1n) is 8.46. The molecule has 2 aromatic rings. The molecule has 0 radical (unpaired) electrons. The number of carbonyl (C=O) groups is 1. The van der Waals surface area contributed by atoms with E-state index in [1.807, 2.05) is 0 Å². The van der Waals surface area contributed by atoms with Crippen LogP contribution in [0.3, 0.4) is 0 Å². The van der Waals surface area contributed by atoms with Crippen LogP contribution in [0.2, 0.25) is 0 Å². The van der Waals surface area contributed by atoms with E-state index in [0.29, 0.717) is 6.54 Å². The Labute approximate surface area is 147 Å². The molecule has 0 aromatic carbocycles. The van der Waals surface area contributed by atoms with Gasteiger partial charge in [0.25, 0.3) is 0 Å². The molecule has 1 N–H and O–H groups in total. The quantitative estimate of drug-likeness (QED) is 0.869. The van der Waals surface area contributed by atoms with Crippen molar-refractivity contribution >= 4 is 22.9 Å². The summed E-state index contributed by atoms with van der Waals surface area (Å²) in [6, 6.07) is 8.45. The van der Waals surface area contributed by atoms with Crippen molar-refractivity contribution in [1.82, 2.24) is 9.47 Å². The third-order valence-corrected chi connectivity index (χ3v) is 5.56. The van der Waals surface area contributed by atoms with Crippen molar-refractivity contribution in [3.05, 3.63) is 52.5 Å². The standard InChI is InChI=1S/C19H24N2O2S/c1-20-10-4-8-17(20)16(18-9-5-13-24-18)7-3-12-21-11-2-6-15(14-21)19(22)23/h4-5,7-10,13,15H,2-3,6,11-12,14H2,1H3,(H,22,23). The molecule has 0 amide bonds. The number of carboxylic acid groups (broad SMARTS) is 1. The third-order valence-electron chi connectivity index (χ3n) is 4.65.